The third-order valence-electron chi connectivity index (χ3n) is 4.50. The van der Waals surface area contributed by atoms with Gasteiger partial charge in [0.1, 0.15) is 6.29 Å². The highest BCUT2D eigenvalue weighted by Gasteiger charge is 2.19. The standard InChI is InChI=1S/C16H29BN4O5/c1-14(17)21-8-6-18(10-11-22)2-3-19(12-15(23)24)4-5-20(7-9-21)13-16(25)26/h11,14H,2-10,12-13H2,1H3,(H,23,24)(H,25,26). The summed E-state index contributed by atoms with van der Waals surface area (Å²) in [5, 5.41) is 18.2. The van der Waals surface area contributed by atoms with E-state index < -0.39 is 11.9 Å². The Kier molecular flexibility index (Phi) is 10.4. The number of aliphatic carboxylic acids is 2. The van der Waals surface area contributed by atoms with Crippen LogP contribution in [0.25, 0.3) is 0 Å². The summed E-state index contributed by atoms with van der Waals surface area (Å²) in [6.45, 7) is 6.38. The van der Waals surface area contributed by atoms with Gasteiger partial charge in [0.2, 0.25) is 0 Å². The third-order valence-corrected chi connectivity index (χ3v) is 4.50. The lowest BCUT2D eigenvalue weighted by Crippen LogP contribution is -2.49. The second kappa shape index (κ2) is 12.0. The minimum Gasteiger partial charge on any atom is -0.480 e. The minimum absolute atomic E-state index is 0.0923. The van der Waals surface area contributed by atoms with Crippen LogP contribution in [0.4, 0.5) is 0 Å². The Balaban J connectivity index is 2.84. The van der Waals surface area contributed by atoms with Gasteiger partial charge in [0.15, 0.2) is 0 Å². The van der Waals surface area contributed by atoms with Crippen LogP contribution in [0.2, 0.25) is 0 Å². The van der Waals surface area contributed by atoms with E-state index in [1.54, 1.807) is 9.80 Å². The lowest BCUT2D eigenvalue weighted by atomic mass is 9.97. The number of rotatable bonds is 7. The molecule has 2 N–H and O–H groups in total. The van der Waals surface area contributed by atoms with Crippen LogP contribution < -0.4 is 0 Å². The maximum absolute atomic E-state index is 11.1. The minimum atomic E-state index is -0.924. The first-order valence-corrected chi connectivity index (χ1v) is 8.85. The molecule has 26 heavy (non-hydrogen) atoms. The van der Waals surface area contributed by atoms with E-state index in [0.29, 0.717) is 58.9 Å². The SMILES string of the molecule is [B]C(C)N1CCN(CC=O)CCN(CC(=O)O)CCN(CC(=O)O)CC1. The van der Waals surface area contributed by atoms with E-state index in [-0.39, 0.29) is 19.0 Å². The molecule has 9 nitrogen and oxygen atoms in total. The smallest absolute Gasteiger partial charge is 0.317 e. The Morgan fingerprint density at radius 3 is 1.65 bits per heavy atom. The summed E-state index contributed by atoms with van der Waals surface area (Å²) in [5.74, 6) is -2.01. The normalized spacial score (nSPS) is 21.4. The van der Waals surface area contributed by atoms with Crippen molar-refractivity contribution in [3.05, 3.63) is 0 Å². The molecule has 1 heterocycles. The molecule has 1 saturated heterocycles. The average molecular weight is 368 g/mol. The molecule has 1 unspecified atom stereocenters. The van der Waals surface area contributed by atoms with Gasteiger partial charge in [-0.25, -0.2) is 0 Å². The van der Waals surface area contributed by atoms with Crippen LogP contribution in [0.15, 0.2) is 0 Å². The Labute approximate surface area is 155 Å². The fourth-order valence-corrected chi connectivity index (χ4v) is 2.95. The Bertz CT molecular complexity index is 466. The molecule has 0 aromatic carbocycles. The molecule has 0 amide bonds. The van der Waals surface area contributed by atoms with Crippen molar-refractivity contribution in [2.24, 2.45) is 0 Å². The highest BCUT2D eigenvalue weighted by atomic mass is 16.4. The zero-order chi connectivity index (χ0) is 19.5. The quantitative estimate of drug-likeness (QED) is 0.393. The molecule has 0 saturated carbocycles. The van der Waals surface area contributed by atoms with Gasteiger partial charge in [0.05, 0.1) is 27.5 Å². The molecular weight excluding hydrogens is 339 g/mol. The van der Waals surface area contributed by atoms with E-state index >= 15 is 0 Å². The number of carboxylic acids is 2. The molecule has 1 atom stereocenters. The van der Waals surface area contributed by atoms with E-state index in [1.807, 2.05) is 11.8 Å². The van der Waals surface area contributed by atoms with Gasteiger partial charge in [-0.15, -0.1) is 0 Å². The average Bonchev–Trinajstić information content (AvgIpc) is 2.53. The topological polar surface area (TPSA) is 105 Å². The van der Waals surface area contributed by atoms with Crippen molar-refractivity contribution in [3.63, 3.8) is 0 Å². The Hall–Kier alpha value is -1.49. The third kappa shape index (κ3) is 9.28. The van der Waals surface area contributed by atoms with Crippen molar-refractivity contribution in [3.8, 4) is 0 Å². The molecule has 0 aliphatic carbocycles. The van der Waals surface area contributed by atoms with Gasteiger partial charge in [-0.3, -0.25) is 24.3 Å². The van der Waals surface area contributed by atoms with Gasteiger partial charge in [0.25, 0.3) is 0 Å². The summed E-state index contributed by atoms with van der Waals surface area (Å²) in [6, 6.07) is 0. The highest BCUT2D eigenvalue weighted by Crippen LogP contribution is 2.02. The van der Waals surface area contributed by atoms with Gasteiger partial charge >= 0.3 is 11.9 Å². The van der Waals surface area contributed by atoms with Crippen LogP contribution in [-0.4, -0.2) is 134 Å². The molecule has 1 aliphatic rings. The molecular formula is C16H29BN4O5. The van der Waals surface area contributed by atoms with Crippen LogP contribution in [0.3, 0.4) is 0 Å². The first-order chi connectivity index (χ1) is 12.3. The van der Waals surface area contributed by atoms with E-state index in [4.69, 9.17) is 18.1 Å². The van der Waals surface area contributed by atoms with Crippen molar-refractivity contribution in [1.29, 1.82) is 0 Å². The predicted octanol–water partition coefficient (Wildman–Crippen LogP) is -1.91. The van der Waals surface area contributed by atoms with Crippen molar-refractivity contribution >= 4 is 26.1 Å². The molecule has 0 bridgehead atoms. The summed E-state index contributed by atoms with van der Waals surface area (Å²) in [4.78, 5) is 40.7. The molecule has 0 spiro atoms. The second-order valence-corrected chi connectivity index (χ2v) is 6.58. The van der Waals surface area contributed by atoms with Crippen LogP contribution in [0.1, 0.15) is 6.92 Å². The second-order valence-electron chi connectivity index (χ2n) is 6.58. The van der Waals surface area contributed by atoms with Gasteiger partial charge in [0, 0.05) is 52.4 Å². The lowest BCUT2D eigenvalue weighted by molar-refractivity contribution is -0.140. The monoisotopic (exact) mass is 368 g/mol. The van der Waals surface area contributed by atoms with Crippen molar-refractivity contribution in [2.75, 3.05) is 72.0 Å². The molecule has 1 rings (SSSR count). The first kappa shape index (κ1) is 22.6. The number of carboxylic acid groups (broad SMARTS) is 2. The first-order valence-electron chi connectivity index (χ1n) is 8.85. The number of nitrogens with zero attached hydrogens (tertiary/aromatic N) is 4. The number of hydrogen-bond acceptors (Lipinski definition) is 7. The summed E-state index contributed by atoms with van der Waals surface area (Å²) in [7, 11) is 6.02. The zero-order valence-corrected chi connectivity index (χ0v) is 15.4. The van der Waals surface area contributed by atoms with Gasteiger partial charge < -0.3 is 19.9 Å². The van der Waals surface area contributed by atoms with Crippen LogP contribution in [0.5, 0.6) is 0 Å². The van der Waals surface area contributed by atoms with Crippen LogP contribution in [-0.2, 0) is 14.4 Å². The largest absolute Gasteiger partial charge is 0.480 e. The van der Waals surface area contributed by atoms with Gasteiger partial charge in [-0.1, -0.05) is 6.92 Å². The number of hydrogen-bond donors (Lipinski definition) is 2. The highest BCUT2D eigenvalue weighted by molar-refractivity contribution is 6.11. The van der Waals surface area contributed by atoms with Gasteiger partial charge in [-0.05, 0) is 5.94 Å². The predicted molar refractivity (Wildman–Crippen MR) is 97.4 cm³/mol. The Morgan fingerprint density at radius 1 is 0.885 bits per heavy atom. The van der Waals surface area contributed by atoms with E-state index in [2.05, 4.69) is 4.90 Å². The van der Waals surface area contributed by atoms with Crippen LogP contribution in [0, 0.1) is 0 Å². The molecule has 0 aromatic heterocycles. The van der Waals surface area contributed by atoms with Crippen LogP contribution >= 0.6 is 0 Å². The van der Waals surface area contributed by atoms with Crippen molar-refractivity contribution in [2.45, 2.75) is 12.9 Å². The molecule has 2 radical (unpaired) electrons. The summed E-state index contributed by atoms with van der Waals surface area (Å²) in [5.41, 5.74) is 0. The molecule has 10 heteroatoms. The maximum atomic E-state index is 11.1. The summed E-state index contributed by atoms with van der Waals surface area (Å²) >= 11 is 0. The fraction of sp³-hybridized carbons (Fsp3) is 0.812. The Morgan fingerprint density at radius 2 is 1.27 bits per heavy atom. The van der Waals surface area contributed by atoms with E-state index in [1.165, 1.54) is 0 Å². The molecule has 146 valence electrons. The number of aldehydes is 1. The number of carbonyl (C=O) groups excluding carboxylic acids is 1. The number of carbonyl (C=O) groups is 3. The van der Waals surface area contributed by atoms with E-state index in [0.717, 1.165) is 6.29 Å². The van der Waals surface area contributed by atoms with Gasteiger partial charge in [-0.2, -0.15) is 0 Å². The molecule has 0 aromatic rings. The fourth-order valence-electron chi connectivity index (χ4n) is 2.95. The molecule has 1 fully saturated rings. The molecule has 1 aliphatic heterocycles. The summed E-state index contributed by atoms with van der Waals surface area (Å²) in [6.07, 6.45) is 0.845. The lowest BCUT2D eigenvalue weighted by Gasteiger charge is -2.34. The van der Waals surface area contributed by atoms with Crippen molar-refractivity contribution < 1.29 is 24.6 Å². The zero-order valence-electron chi connectivity index (χ0n) is 15.4. The van der Waals surface area contributed by atoms with E-state index in [9.17, 15) is 14.4 Å². The van der Waals surface area contributed by atoms with Crippen molar-refractivity contribution in [1.82, 2.24) is 19.6 Å². The maximum Gasteiger partial charge on any atom is 0.317 e. The summed E-state index contributed by atoms with van der Waals surface area (Å²) < 4.78 is 0.